The molecule has 0 amide bonds. The molecule has 0 radical (unpaired) electrons. The molecule has 3 aliphatic rings. The SMILES string of the molecule is Cc1ccc2c3c(ccc2n1)OCC(CN(CC1CCc2[nH]c4ccc(F)cc4c2C1)C1CCCC1)O3. The first-order valence-corrected chi connectivity index (χ1v) is 13.8. The molecule has 4 aromatic rings. The van der Waals surface area contributed by atoms with Crippen LogP contribution in [0.3, 0.4) is 0 Å². The minimum atomic E-state index is -0.156. The molecule has 2 aliphatic carbocycles. The summed E-state index contributed by atoms with van der Waals surface area (Å²) < 4.78 is 26.9. The lowest BCUT2D eigenvalue weighted by Crippen LogP contribution is -2.47. The Balaban J connectivity index is 1.11. The molecule has 1 saturated carbocycles. The van der Waals surface area contributed by atoms with E-state index in [9.17, 15) is 4.39 Å². The highest BCUT2D eigenvalue weighted by molar-refractivity contribution is 5.88. The van der Waals surface area contributed by atoms with Crippen LogP contribution in [0.25, 0.3) is 21.8 Å². The molecule has 7 rings (SSSR count). The van der Waals surface area contributed by atoms with Gasteiger partial charge in [0.25, 0.3) is 0 Å². The highest BCUT2D eigenvalue weighted by Gasteiger charge is 2.32. The number of fused-ring (bicyclic) bond motifs is 6. The number of H-pyrrole nitrogens is 1. The van der Waals surface area contributed by atoms with Gasteiger partial charge in [-0.25, -0.2) is 4.39 Å². The van der Waals surface area contributed by atoms with Crippen LogP contribution >= 0.6 is 0 Å². The Hall–Kier alpha value is -3.12. The van der Waals surface area contributed by atoms with Crippen molar-refractivity contribution in [3.05, 3.63) is 65.2 Å². The van der Waals surface area contributed by atoms with Crippen molar-refractivity contribution in [2.45, 2.75) is 64.0 Å². The molecule has 3 heterocycles. The van der Waals surface area contributed by atoms with Gasteiger partial charge in [0.05, 0.1) is 5.52 Å². The van der Waals surface area contributed by atoms with Gasteiger partial charge in [-0.05, 0) is 93.0 Å². The van der Waals surface area contributed by atoms with E-state index in [1.807, 2.05) is 31.2 Å². The average molecular weight is 500 g/mol. The van der Waals surface area contributed by atoms with Gasteiger partial charge >= 0.3 is 0 Å². The second-order valence-corrected chi connectivity index (χ2v) is 11.2. The molecule has 6 heteroatoms. The van der Waals surface area contributed by atoms with E-state index in [-0.39, 0.29) is 11.9 Å². The van der Waals surface area contributed by atoms with Gasteiger partial charge in [0.1, 0.15) is 18.5 Å². The Morgan fingerprint density at radius 2 is 1.92 bits per heavy atom. The van der Waals surface area contributed by atoms with Gasteiger partial charge in [0.2, 0.25) is 0 Å². The van der Waals surface area contributed by atoms with Crippen molar-refractivity contribution < 1.29 is 13.9 Å². The van der Waals surface area contributed by atoms with Gasteiger partial charge in [-0.3, -0.25) is 9.88 Å². The standard InChI is InChI=1S/C31H34FN3O2/c1-19-6-9-24-27(33-19)12-13-30-31(24)37-23(18-36-30)17-35(22-4-2-3-5-22)16-20-7-10-28-25(14-20)26-15-21(32)8-11-29(26)34-28/h6,8-9,11-13,15,20,22-23,34H,2-5,7,10,14,16-18H2,1H3. The summed E-state index contributed by atoms with van der Waals surface area (Å²) in [5.41, 5.74) is 5.62. The first kappa shape index (κ1) is 23.0. The van der Waals surface area contributed by atoms with Crippen molar-refractivity contribution in [3.63, 3.8) is 0 Å². The number of benzene rings is 2. The normalized spacial score (nSPS) is 21.7. The van der Waals surface area contributed by atoms with Crippen LogP contribution in [0.5, 0.6) is 11.5 Å². The second-order valence-electron chi connectivity index (χ2n) is 11.2. The lowest BCUT2D eigenvalue weighted by molar-refractivity contribution is 0.0397. The van der Waals surface area contributed by atoms with Crippen molar-refractivity contribution in [1.29, 1.82) is 0 Å². The molecule has 5 nitrogen and oxygen atoms in total. The maximum atomic E-state index is 14.0. The zero-order valence-electron chi connectivity index (χ0n) is 21.4. The zero-order chi connectivity index (χ0) is 24.9. The maximum absolute atomic E-state index is 14.0. The fourth-order valence-electron chi connectivity index (χ4n) is 6.82. The van der Waals surface area contributed by atoms with Gasteiger partial charge in [-0.15, -0.1) is 0 Å². The number of nitrogens with one attached hydrogen (secondary N) is 1. The van der Waals surface area contributed by atoms with Crippen LogP contribution < -0.4 is 9.47 Å². The Morgan fingerprint density at radius 1 is 1.03 bits per heavy atom. The van der Waals surface area contributed by atoms with E-state index in [1.165, 1.54) is 36.9 Å². The van der Waals surface area contributed by atoms with Gasteiger partial charge in [-0.2, -0.15) is 0 Å². The number of aromatic amines is 1. The van der Waals surface area contributed by atoms with E-state index in [2.05, 4.69) is 20.9 Å². The molecule has 1 N–H and O–H groups in total. The number of pyridine rings is 1. The Labute approximate surface area is 217 Å². The van der Waals surface area contributed by atoms with Crippen LogP contribution in [0.2, 0.25) is 0 Å². The van der Waals surface area contributed by atoms with Gasteiger partial charge in [0.15, 0.2) is 11.5 Å². The summed E-state index contributed by atoms with van der Waals surface area (Å²) in [5.74, 6) is 2.04. The first-order valence-electron chi connectivity index (χ1n) is 13.8. The molecule has 0 bridgehead atoms. The number of hydrogen-bond donors (Lipinski definition) is 1. The number of hydrogen-bond acceptors (Lipinski definition) is 4. The van der Waals surface area contributed by atoms with E-state index in [1.54, 1.807) is 12.1 Å². The molecule has 0 spiro atoms. The predicted molar refractivity (Wildman–Crippen MR) is 144 cm³/mol. The van der Waals surface area contributed by atoms with Gasteiger partial charge < -0.3 is 14.5 Å². The van der Waals surface area contributed by atoms with Gasteiger partial charge in [-0.1, -0.05) is 12.8 Å². The smallest absolute Gasteiger partial charge is 0.171 e. The number of rotatable bonds is 5. The highest BCUT2D eigenvalue weighted by Crippen LogP contribution is 2.39. The van der Waals surface area contributed by atoms with E-state index >= 15 is 0 Å². The molecule has 2 unspecified atom stereocenters. The minimum Gasteiger partial charge on any atom is -0.486 e. The summed E-state index contributed by atoms with van der Waals surface area (Å²) in [6.45, 7) is 4.50. The molecular weight excluding hydrogens is 465 g/mol. The number of nitrogens with zero attached hydrogens (tertiary/aromatic N) is 2. The topological polar surface area (TPSA) is 50.4 Å². The molecule has 2 aromatic carbocycles. The van der Waals surface area contributed by atoms with Crippen LogP contribution in [-0.4, -0.2) is 46.7 Å². The largest absolute Gasteiger partial charge is 0.486 e. The van der Waals surface area contributed by atoms with E-state index < -0.39 is 0 Å². The number of ether oxygens (including phenoxy) is 2. The van der Waals surface area contributed by atoms with E-state index in [0.29, 0.717) is 18.6 Å². The molecule has 1 fully saturated rings. The monoisotopic (exact) mass is 499 g/mol. The third kappa shape index (κ3) is 4.35. The minimum absolute atomic E-state index is 0.0126. The van der Waals surface area contributed by atoms with Crippen molar-refractivity contribution in [2.24, 2.45) is 5.92 Å². The van der Waals surface area contributed by atoms with Crippen LogP contribution in [-0.2, 0) is 12.8 Å². The number of halogens is 1. The van der Waals surface area contributed by atoms with Crippen molar-refractivity contribution >= 4 is 21.8 Å². The second kappa shape index (κ2) is 9.32. The number of aromatic nitrogens is 2. The maximum Gasteiger partial charge on any atom is 0.171 e. The van der Waals surface area contributed by atoms with Crippen molar-refractivity contribution in [3.8, 4) is 11.5 Å². The first-order chi connectivity index (χ1) is 18.1. The van der Waals surface area contributed by atoms with Crippen molar-refractivity contribution in [1.82, 2.24) is 14.9 Å². The van der Waals surface area contributed by atoms with Crippen LogP contribution in [0.1, 0.15) is 49.1 Å². The quantitative estimate of drug-likeness (QED) is 0.348. The predicted octanol–water partition coefficient (Wildman–Crippen LogP) is 6.35. The van der Waals surface area contributed by atoms with Crippen LogP contribution in [0.4, 0.5) is 4.39 Å². The molecule has 0 saturated heterocycles. The third-order valence-electron chi connectivity index (χ3n) is 8.66. The molecule has 1 aliphatic heterocycles. The highest BCUT2D eigenvalue weighted by atomic mass is 19.1. The summed E-state index contributed by atoms with van der Waals surface area (Å²) in [4.78, 5) is 10.9. The summed E-state index contributed by atoms with van der Waals surface area (Å²) in [6, 6.07) is 13.9. The Bertz CT molecular complexity index is 1460. The summed E-state index contributed by atoms with van der Waals surface area (Å²) in [5, 5.41) is 2.08. The summed E-state index contributed by atoms with van der Waals surface area (Å²) in [7, 11) is 0. The Kier molecular flexibility index (Phi) is 5.80. The molecule has 2 atom stereocenters. The zero-order valence-corrected chi connectivity index (χ0v) is 21.4. The van der Waals surface area contributed by atoms with E-state index in [4.69, 9.17) is 9.47 Å². The number of aryl methyl sites for hydroxylation is 2. The molecule has 2 aromatic heterocycles. The van der Waals surface area contributed by atoms with E-state index in [0.717, 1.165) is 71.4 Å². The third-order valence-corrected chi connectivity index (χ3v) is 8.66. The average Bonchev–Trinajstić information content (AvgIpc) is 3.56. The fourth-order valence-corrected chi connectivity index (χ4v) is 6.82. The molecule has 37 heavy (non-hydrogen) atoms. The molecule has 192 valence electrons. The van der Waals surface area contributed by atoms with Crippen LogP contribution in [0, 0.1) is 18.7 Å². The fraction of sp³-hybridized carbons (Fsp3) is 0.452. The lowest BCUT2D eigenvalue weighted by atomic mass is 9.85. The Morgan fingerprint density at radius 3 is 2.81 bits per heavy atom. The lowest BCUT2D eigenvalue weighted by Gasteiger charge is -2.37. The van der Waals surface area contributed by atoms with Crippen LogP contribution in [0.15, 0.2) is 42.5 Å². The summed E-state index contributed by atoms with van der Waals surface area (Å²) in [6.07, 6.45) is 8.30. The molecular formula is C31H34FN3O2. The summed E-state index contributed by atoms with van der Waals surface area (Å²) >= 11 is 0. The van der Waals surface area contributed by atoms with Gasteiger partial charge in [0, 0.05) is 46.8 Å². The van der Waals surface area contributed by atoms with Crippen molar-refractivity contribution in [2.75, 3.05) is 19.7 Å².